The van der Waals surface area contributed by atoms with Gasteiger partial charge in [-0.3, -0.25) is 0 Å². The molecule has 0 radical (unpaired) electrons. The molecule has 0 spiro atoms. The van der Waals surface area contributed by atoms with Gasteiger partial charge in [0.25, 0.3) is 0 Å². The van der Waals surface area contributed by atoms with Gasteiger partial charge in [-0.2, -0.15) is 0 Å². The predicted molar refractivity (Wildman–Crippen MR) is 81.7 cm³/mol. The zero-order valence-corrected chi connectivity index (χ0v) is 12.4. The first kappa shape index (κ1) is 14.3. The zero-order valence-electron chi connectivity index (χ0n) is 9.36. The molecule has 0 atom stereocenters. The molecule has 0 unspecified atom stereocenters. The Morgan fingerprint density at radius 2 is 1.79 bits per heavy atom. The molecule has 0 aliphatic heterocycles. The van der Waals surface area contributed by atoms with Crippen LogP contribution in [0.1, 0.15) is 5.56 Å². The number of aromatic nitrogens is 1. The maximum Gasteiger partial charge on any atom is 0.219 e. The highest BCUT2D eigenvalue weighted by molar-refractivity contribution is 7.80. The lowest BCUT2D eigenvalue weighted by Gasteiger charge is -2.08. The topological polar surface area (TPSA) is 48.1 Å². The van der Waals surface area contributed by atoms with Crippen LogP contribution in [0.2, 0.25) is 15.1 Å². The molecule has 19 heavy (non-hydrogen) atoms. The molecular formula is C12H7Cl3N2OS. The van der Waals surface area contributed by atoms with Crippen LogP contribution in [0.3, 0.4) is 0 Å². The van der Waals surface area contributed by atoms with Gasteiger partial charge in [0.15, 0.2) is 0 Å². The van der Waals surface area contributed by atoms with E-state index in [1.807, 2.05) is 0 Å². The number of halogens is 3. The number of benzene rings is 1. The first-order chi connectivity index (χ1) is 8.97. The van der Waals surface area contributed by atoms with Crippen molar-refractivity contribution in [3.05, 3.63) is 51.1 Å². The normalized spacial score (nSPS) is 10.3. The number of pyridine rings is 1. The summed E-state index contributed by atoms with van der Waals surface area (Å²) in [6, 6.07) is 6.31. The number of hydrogen-bond acceptors (Lipinski definition) is 3. The molecule has 3 nitrogen and oxygen atoms in total. The maximum atomic E-state index is 6.01. The summed E-state index contributed by atoms with van der Waals surface area (Å²) in [6.45, 7) is 0. The third-order valence-corrected chi connectivity index (χ3v) is 3.46. The molecule has 0 fully saturated rings. The molecular weight excluding hydrogens is 327 g/mol. The fourth-order valence-electron chi connectivity index (χ4n) is 1.31. The number of thiocarbonyl (C=S) groups is 1. The van der Waals surface area contributed by atoms with Crippen LogP contribution >= 0.6 is 47.0 Å². The molecule has 1 heterocycles. The monoisotopic (exact) mass is 332 g/mol. The third-order valence-electron chi connectivity index (χ3n) is 2.21. The van der Waals surface area contributed by atoms with Crippen LogP contribution in [0, 0.1) is 0 Å². The predicted octanol–water partition coefficient (Wildman–Crippen LogP) is 4.47. The Balaban J connectivity index is 2.33. The molecule has 1 aromatic carbocycles. The van der Waals surface area contributed by atoms with E-state index in [4.69, 9.17) is 57.5 Å². The van der Waals surface area contributed by atoms with Crippen molar-refractivity contribution in [1.82, 2.24) is 4.98 Å². The van der Waals surface area contributed by atoms with Gasteiger partial charge < -0.3 is 10.5 Å². The summed E-state index contributed by atoms with van der Waals surface area (Å²) in [7, 11) is 0. The molecule has 0 amide bonds. The quantitative estimate of drug-likeness (QED) is 0.665. The van der Waals surface area contributed by atoms with Crippen LogP contribution in [0.4, 0.5) is 0 Å². The van der Waals surface area contributed by atoms with Gasteiger partial charge in [-0.25, -0.2) is 4.98 Å². The average molecular weight is 334 g/mol. The summed E-state index contributed by atoms with van der Waals surface area (Å²) < 4.78 is 5.53. The largest absolute Gasteiger partial charge is 0.437 e. The summed E-state index contributed by atoms with van der Waals surface area (Å²) in [5.41, 5.74) is 6.18. The van der Waals surface area contributed by atoms with Gasteiger partial charge in [-0.15, -0.1) is 0 Å². The minimum absolute atomic E-state index is 0.257. The van der Waals surface area contributed by atoms with Gasteiger partial charge in [0.05, 0.1) is 15.1 Å². The van der Waals surface area contributed by atoms with Crippen molar-refractivity contribution in [3.8, 4) is 11.6 Å². The standard InChI is InChI=1S/C12H7Cl3N2OS/c13-7-4-9(15)10(5-8(7)14)18-11-3-6(12(16)19)1-2-17-11/h1-5H,(H2,16,19). The molecule has 0 bridgehead atoms. The Kier molecular flexibility index (Phi) is 4.47. The summed E-state index contributed by atoms with van der Waals surface area (Å²) in [6.07, 6.45) is 1.54. The second kappa shape index (κ2) is 5.92. The van der Waals surface area contributed by atoms with E-state index in [9.17, 15) is 0 Å². The molecule has 0 aliphatic rings. The zero-order chi connectivity index (χ0) is 14.0. The molecule has 2 N–H and O–H groups in total. The number of nitrogens with two attached hydrogens (primary N) is 1. The third kappa shape index (κ3) is 3.48. The summed E-state index contributed by atoms with van der Waals surface area (Å²) >= 11 is 22.6. The fourth-order valence-corrected chi connectivity index (χ4v) is 2.02. The SMILES string of the molecule is NC(=S)c1ccnc(Oc2cc(Cl)c(Cl)cc2Cl)c1. The van der Waals surface area contributed by atoms with Crippen LogP contribution in [-0.2, 0) is 0 Å². The Bertz CT molecular complexity index is 649. The van der Waals surface area contributed by atoms with E-state index in [0.29, 0.717) is 32.3 Å². The lowest BCUT2D eigenvalue weighted by Crippen LogP contribution is -2.09. The molecule has 98 valence electrons. The second-order valence-electron chi connectivity index (χ2n) is 3.55. The molecule has 7 heteroatoms. The van der Waals surface area contributed by atoms with Crippen molar-refractivity contribution in [2.45, 2.75) is 0 Å². The van der Waals surface area contributed by atoms with Crippen molar-refractivity contribution in [2.75, 3.05) is 0 Å². The fraction of sp³-hybridized carbons (Fsp3) is 0. The van der Waals surface area contributed by atoms with Gasteiger partial charge >= 0.3 is 0 Å². The van der Waals surface area contributed by atoms with E-state index in [2.05, 4.69) is 4.98 Å². The van der Waals surface area contributed by atoms with Crippen molar-refractivity contribution < 1.29 is 4.74 Å². The summed E-state index contributed by atoms with van der Waals surface area (Å²) in [5, 5.41) is 1.02. The van der Waals surface area contributed by atoms with E-state index in [1.165, 1.54) is 18.3 Å². The van der Waals surface area contributed by atoms with Crippen molar-refractivity contribution in [3.63, 3.8) is 0 Å². The van der Waals surface area contributed by atoms with Gasteiger partial charge in [-0.1, -0.05) is 47.0 Å². The van der Waals surface area contributed by atoms with Gasteiger partial charge in [-0.05, 0) is 12.1 Å². The number of rotatable bonds is 3. The van der Waals surface area contributed by atoms with Gasteiger partial charge in [0.2, 0.25) is 5.88 Å². The van der Waals surface area contributed by atoms with Gasteiger partial charge in [0, 0.05) is 23.9 Å². The summed E-state index contributed by atoms with van der Waals surface area (Å²) in [4.78, 5) is 4.30. The Hall–Kier alpha value is -1.07. The van der Waals surface area contributed by atoms with Crippen LogP contribution in [-0.4, -0.2) is 9.97 Å². The minimum atomic E-state index is 0.257. The highest BCUT2D eigenvalue weighted by Gasteiger charge is 2.09. The number of ether oxygens (including phenoxy) is 1. The van der Waals surface area contributed by atoms with Crippen LogP contribution in [0.5, 0.6) is 11.6 Å². The van der Waals surface area contributed by atoms with E-state index in [0.717, 1.165) is 0 Å². The van der Waals surface area contributed by atoms with Crippen molar-refractivity contribution in [1.29, 1.82) is 0 Å². The summed E-state index contributed by atoms with van der Waals surface area (Å²) in [5.74, 6) is 0.661. The Morgan fingerprint density at radius 3 is 2.47 bits per heavy atom. The molecule has 0 saturated carbocycles. The Morgan fingerprint density at radius 1 is 1.11 bits per heavy atom. The maximum absolute atomic E-state index is 6.01. The van der Waals surface area contributed by atoms with Crippen molar-refractivity contribution in [2.24, 2.45) is 5.73 Å². The number of hydrogen-bond donors (Lipinski definition) is 1. The lowest BCUT2D eigenvalue weighted by molar-refractivity contribution is 0.463. The van der Waals surface area contributed by atoms with Crippen LogP contribution in [0.25, 0.3) is 0 Å². The average Bonchev–Trinajstić information content (AvgIpc) is 2.36. The van der Waals surface area contributed by atoms with E-state index in [1.54, 1.807) is 12.1 Å². The Labute approximate surface area is 130 Å². The van der Waals surface area contributed by atoms with Crippen LogP contribution < -0.4 is 10.5 Å². The van der Waals surface area contributed by atoms with Gasteiger partial charge in [0.1, 0.15) is 10.7 Å². The molecule has 2 aromatic rings. The van der Waals surface area contributed by atoms with Crippen molar-refractivity contribution >= 4 is 52.0 Å². The minimum Gasteiger partial charge on any atom is -0.437 e. The molecule has 0 saturated heterocycles. The highest BCUT2D eigenvalue weighted by Crippen LogP contribution is 2.35. The first-order valence-electron chi connectivity index (χ1n) is 5.05. The molecule has 0 aliphatic carbocycles. The molecule has 2 rings (SSSR count). The molecule has 1 aromatic heterocycles. The number of nitrogens with zero attached hydrogens (tertiary/aromatic N) is 1. The smallest absolute Gasteiger partial charge is 0.219 e. The first-order valence-corrected chi connectivity index (χ1v) is 6.60. The second-order valence-corrected chi connectivity index (χ2v) is 5.21. The highest BCUT2D eigenvalue weighted by atomic mass is 35.5. The van der Waals surface area contributed by atoms with E-state index >= 15 is 0 Å². The van der Waals surface area contributed by atoms with Crippen LogP contribution in [0.15, 0.2) is 30.5 Å². The lowest BCUT2D eigenvalue weighted by atomic mass is 10.3. The van der Waals surface area contributed by atoms with E-state index < -0.39 is 0 Å². The van der Waals surface area contributed by atoms with E-state index in [-0.39, 0.29) is 4.99 Å².